The number of carbonyl (C=O) groups is 1. The highest BCUT2D eigenvalue weighted by molar-refractivity contribution is 6.05. The standard InChI is InChI=1S/C16H18N4O/c1-10-2-3-12(17)7-14(10)16(21)20-13-6-11-8-18-5-4-15(11)19-9-13/h2-3,6-7,9,18H,4-5,8,17H2,1H3,(H,20,21). The first-order valence-electron chi connectivity index (χ1n) is 6.99. The van der Waals surface area contributed by atoms with E-state index in [2.05, 4.69) is 15.6 Å². The third kappa shape index (κ3) is 2.87. The molecule has 0 saturated heterocycles. The first-order valence-corrected chi connectivity index (χ1v) is 6.99. The molecule has 3 rings (SSSR count). The number of rotatable bonds is 2. The molecule has 0 spiro atoms. The Kier molecular flexibility index (Phi) is 3.58. The van der Waals surface area contributed by atoms with Gasteiger partial charge in [0.15, 0.2) is 0 Å². The van der Waals surface area contributed by atoms with E-state index in [0.717, 1.165) is 36.3 Å². The minimum absolute atomic E-state index is 0.162. The maximum Gasteiger partial charge on any atom is 0.256 e. The number of aryl methyl sites for hydroxylation is 1. The number of nitrogens with two attached hydrogens (primary N) is 1. The van der Waals surface area contributed by atoms with Gasteiger partial charge in [0, 0.05) is 36.5 Å². The van der Waals surface area contributed by atoms with Crippen LogP contribution in [0.1, 0.15) is 27.2 Å². The molecule has 1 aliphatic rings. The van der Waals surface area contributed by atoms with Gasteiger partial charge >= 0.3 is 0 Å². The Morgan fingerprint density at radius 3 is 3.10 bits per heavy atom. The normalized spacial score (nSPS) is 13.6. The van der Waals surface area contributed by atoms with Gasteiger partial charge in [0.25, 0.3) is 5.91 Å². The Labute approximate surface area is 123 Å². The fourth-order valence-electron chi connectivity index (χ4n) is 2.50. The van der Waals surface area contributed by atoms with Crippen molar-refractivity contribution in [1.29, 1.82) is 0 Å². The van der Waals surface area contributed by atoms with Crippen molar-refractivity contribution in [3.63, 3.8) is 0 Å². The molecule has 0 aliphatic carbocycles. The molecule has 0 radical (unpaired) electrons. The van der Waals surface area contributed by atoms with Crippen molar-refractivity contribution in [3.8, 4) is 0 Å². The Morgan fingerprint density at radius 2 is 2.24 bits per heavy atom. The van der Waals surface area contributed by atoms with Crippen molar-refractivity contribution in [3.05, 3.63) is 52.8 Å². The van der Waals surface area contributed by atoms with Crippen molar-refractivity contribution in [1.82, 2.24) is 10.3 Å². The van der Waals surface area contributed by atoms with Crippen LogP contribution in [0.3, 0.4) is 0 Å². The second-order valence-corrected chi connectivity index (χ2v) is 5.29. The fraction of sp³-hybridized carbons (Fsp3) is 0.250. The van der Waals surface area contributed by atoms with Gasteiger partial charge in [-0.05, 0) is 36.2 Å². The number of aromatic nitrogens is 1. The summed E-state index contributed by atoms with van der Waals surface area (Å²) < 4.78 is 0. The summed E-state index contributed by atoms with van der Waals surface area (Å²) in [6.45, 7) is 3.64. The summed E-state index contributed by atoms with van der Waals surface area (Å²) in [4.78, 5) is 16.8. The lowest BCUT2D eigenvalue weighted by molar-refractivity contribution is 0.102. The summed E-state index contributed by atoms with van der Waals surface area (Å²) in [5, 5.41) is 6.19. The molecule has 1 aliphatic heterocycles. The monoisotopic (exact) mass is 282 g/mol. The first kappa shape index (κ1) is 13.6. The Hall–Kier alpha value is -2.40. The second-order valence-electron chi connectivity index (χ2n) is 5.29. The van der Waals surface area contributed by atoms with Crippen LogP contribution in [-0.2, 0) is 13.0 Å². The molecule has 0 saturated carbocycles. The molecule has 5 heteroatoms. The lowest BCUT2D eigenvalue weighted by Crippen LogP contribution is -2.25. The van der Waals surface area contributed by atoms with E-state index in [9.17, 15) is 4.79 Å². The first-order chi connectivity index (χ1) is 10.1. The molecule has 2 heterocycles. The average Bonchev–Trinajstić information content (AvgIpc) is 2.49. The lowest BCUT2D eigenvalue weighted by atomic mass is 10.1. The number of amides is 1. The van der Waals surface area contributed by atoms with Crippen LogP contribution >= 0.6 is 0 Å². The minimum Gasteiger partial charge on any atom is -0.399 e. The third-order valence-corrected chi connectivity index (χ3v) is 3.68. The van der Waals surface area contributed by atoms with Crippen LogP contribution in [0.25, 0.3) is 0 Å². The van der Waals surface area contributed by atoms with E-state index in [1.54, 1.807) is 18.3 Å². The highest BCUT2D eigenvalue weighted by Gasteiger charge is 2.13. The molecular weight excluding hydrogens is 264 g/mol. The SMILES string of the molecule is Cc1ccc(N)cc1C(=O)Nc1cnc2c(c1)CNCC2. The Morgan fingerprint density at radius 1 is 1.38 bits per heavy atom. The van der Waals surface area contributed by atoms with Gasteiger partial charge in [-0.15, -0.1) is 0 Å². The molecule has 4 N–H and O–H groups in total. The average molecular weight is 282 g/mol. The van der Waals surface area contributed by atoms with Crippen molar-refractivity contribution < 1.29 is 4.79 Å². The van der Waals surface area contributed by atoms with Gasteiger partial charge in [-0.25, -0.2) is 0 Å². The molecular formula is C16H18N4O. The topological polar surface area (TPSA) is 80.0 Å². The molecule has 21 heavy (non-hydrogen) atoms. The Bertz CT molecular complexity index is 697. The van der Waals surface area contributed by atoms with Crippen molar-refractivity contribution in [2.24, 2.45) is 0 Å². The van der Waals surface area contributed by atoms with Crippen molar-refractivity contribution >= 4 is 17.3 Å². The van der Waals surface area contributed by atoms with Crippen LogP contribution in [0.15, 0.2) is 30.5 Å². The van der Waals surface area contributed by atoms with E-state index in [4.69, 9.17) is 5.73 Å². The molecule has 1 aromatic carbocycles. The summed E-state index contributed by atoms with van der Waals surface area (Å²) >= 11 is 0. The van der Waals surface area contributed by atoms with E-state index in [0.29, 0.717) is 16.9 Å². The number of nitrogens with one attached hydrogen (secondary N) is 2. The van der Waals surface area contributed by atoms with Crippen LogP contribution in [0, 0.1) is 6.92 Å². The van der Waals surface area contributed by atoms with Crippen molar-refractivity contribution in [2.45, 2.75) is 19.9 Å². The fourth-order valence-corrected chi connectivity index (χ4v) is 2.50. The zero-order valence-electron chi connectivity index (χ0n) is 11.9. The Balaban J connectivity index is 1.83. The zero-order valence-corrected chi connectivity index (χ0v) is 11.9. The quantitative estimate of drug-likeness (QED) is 0.735. The molecule has 0 bridgehead atoms. The molecule has 108 valence electrons. The highest BCUT2D eigenvalue weighted by Crippen LogP contribution is 2.18. The van der Waals surface area contributed by atoms with E-state index < -0.39 is 0 Å². The maximum atomic E-state index is 12.3. The van der Waals surface area contributed by atoms with Crippen LogP contribution < -0.4 is 16.4 Å². The summed E-state index contributed by atoms with van der Waals surface area (Å²) in [5.74, 6) is -0.162. The number of nitrogens with zero attached hydrogens (tertiary/aromatic N) is 1. The lowest BCUT2D eigenvalue weighted by Gasteiger charge is -2.17. The zero-order chi connectivity index (χ0) is 14.8. The van der Waals surface area contributed by atoms with Gasteiger partial charge in [0.05, 0.1) is 11.9 Å². The molecule has 0 unspecified atom stereocenters. The number of nitrogen functional groups attached to an aromatic ring is 1. The third-order valence-electron chi connectivity index (χ3n) is 3.68. The molecule has 0 fully saturated rings. The molecule has 5 nitrogen and oxygen atoms in total. The van der Waals surface area contributed by atoms with E-state index >= 15 is 0 Å². The summed E-state index contributed by atoms with van der Waals surface area (Å²) in [6, 6.07) is 7.31. The minimum atomic E-state index is -0.162. The predicted octanol–water partition coefficient (Wildman–Crippen LogP) is 1.87. The van der Waals surface area contributed by atoms with Gasteiger partial charge in [-0.3, -0.25) is 9.78 Å². The largest absolute Gasteiger partial charge is 0.399 e. The summed E-state index contributed by atoms with van der Waals surface area (Å²) in [6.07, 6.45) is 2.64. The number of pyridine rings is 1. The van der Waals surface area contributed by atoms with E-state index in [1.807, 2.05) is 19.1 Å². The number of fused-ring (bicyclic) bond motifs is 1. The number of carbonyl (C=O) groups excluding carboxylic acids is 1. The highest BCUT2D eigenvalue weighted by atomic mass is 16.1. The molecule has 1 amide bonds. The van der Waals surface area contributed by atoms with Gasteiger partial charge in [0.2, 0.25) is 0 Å². The molecule has 2 aromatic rings. The summed E-state index contributed by atoms with van der Waals surface area (Å²) in [5.41, 5.74) is 10.8. The van der Waals surface area contributed by atoms with E-state index in [1.165, 1.54) is 0 Å². The van der Waals surface area contributed by atoms with Crippen LogP contribution in [0.2, 0.25) is 0 Å². The molecule has 1 aromatic heterocycles. The van der Waals surface area contributed by atoms with Gasteiger partial charge in [-0.1, -0.05) is 6.07 Å². The molecule has 0 atom stereocenters. The van der Waals surface area contributed by atoms with Crippen LogP contribution in [-0.4, -0.2) is 17.4 Å². The van der Waals surface area contributed by atoms with Crippen molar-refractivity contribution in [2.75, 3.05) is 17.6 Å². The number of hydrogen-bond acceptors (Lipinski definition) is 4. The van der Waals surface area contributed by atoms with Gasteiger partial charge in [0.1, 0.15) is 0 Å². The summed E-state index contributed by atoms with van der Waals surface area (Å²) in [7, 11) is 0. The van der Waals surface area contributed by atoms with Gasteiger partial charge in [-0.2, -0.15) is 0 Å². The predicted molar refractivity (Wildman–Crippen MR) is 83.2 cm³/mol. The maximum absolute atomic E-state index is 12.3. The smallest absolute Gasteiger partial charge is 0.256 e. The van der Waals surface area contributed by atoms with E-state index in [-0.39, 0.29) is 5.91 Å². The number of anilines is 2. The van der Waals surface area contributed by atoms with Crippen LogP contribution in [0.5, 0.6) is 0 Å². The number of hydrogen-bond donors (Lipinski definition) is 3. The second kappa shape index (κ2) is 5.54. The van der Waals surface area contributed by atoms with Gasteiger partial charge < -0.3 is 16.4 Å². The number of benzene rings is 1. The van der Waals surface area contributed by atoms with Crippen LogP contribution in [0.4, 0.5) is 11.4 Å².